The van der Waals surface area contributed by atoms with Gasteiger partial charge in [-0.05, 0) is 66.3 Å². The Labute approximate surface area is 210 Å². The lowest BCUT2D eigenvalue weighted by molar-refractivity contribution is -0.137. The first kappa shape index (κ1) is 25.8. The Morgan fingerprint density at radius 2 is 1.68 bits per heavy atom. The van der Waals surface area contributed by atoms with Crippen LogP contribution in [0.15, 0.2) is 66.7 Å². The first-order chi connectivity index (χ1) is 16.3. The van der Waals surface area contributed by atoms with E-state index in [0.717, 1.165) is 11.1 Å². The summed E-state index contributed by atoms with van der Waals surface area (Å²) in [5.74, 6) is -0.892. The maximum atomic E-state index is 12.5. The van der Waals surface area contributed by atoms with E-state index in [-0.39, 0.29) is 24.3 Å². The van der Waals surface area contributed by atoms with Crippen molar-refractivity contribution in [3.05, 3.63) is 87.9 Å². The third-order valence-electron chi connectivity index (χ3n) is 5.84. The van der Waals surface area contributed by atoms with Crippen molar-refractivity contribution in [1.82, 2.24) is 5.32 Å². The molecule has 0 saturated heterocycles. The normalized spacial score (nSPS) is 13.1. The van der Waals surface area contributed by atoms with Gasteiger partial charge in [-0.2, -0.15) is 0 Å². The molecule has 0 heterocycles. The van der Waals surface area contributed by atoms with Crippen molar-refractivity contribution in [3.63, 3.8) is 0 Å². The van der Waals surface area contributed by atoms with E-state index >= 15 is 0 Å². The van der Waals surface area contributed by atoms with Gasteiger partial charge in [0.15, 0.2) is 0 Å². The molecule has 2 N–H and O–H groups in total. The number of rotatable bonds is 11. The van der Waals surface area contributed by atoms with Crippen LogP contribution in [-0.2, 0) is 16.0 Å². The second-order valence-electron chi connectivity index (χ2n) is 8.54. The number of hydrogen-bond acceptors (Lipinski definition) is 2. The molecule has 0 spiro atoms. The minimum atomic E-state index is -0.839. The van der Waals surface area contributed by atoms with Crippen LogP contribution in [0.5, 0.6) is 0 Å². The average molecular weight is 498 g/mol. The summed E-state index contributed by atoms with van der Waals surface area (Å²) in [5.41, 5.74) is 2.12. The lowest BCUT2D eigenvalue weighted by atomic mass is 9.91. The molecule has 0 saturated carbocycles. The van der Waals surface area contributed by atoms with Gasteiger partial charge in [0, 0.05) is 24.8 Å². The number of aliphatic carboxylic acids is 1. The molecule has 178 valence electrons. The minimum absolute atomic E-state index is 0.0201. The Hall–Kier alpha value is -2.82. The predicted octanol–water partition coefficient (Wildman–Crippen LogP) is 7.17. The van der Waals surface area contributed by atoms with Crippen LogP contribution in [0.4, 0.5) is 0 Å². The Balaban J connectivity index is 1.73. The van der Waals surface area contributed by atoms with Crippen molar-refractivity contribution in [3.8, 4) is 0 Å². The maximum Gasteiger partial charge on any atom is 0.303 e. The minimum Gasteiger partial charge on any atom is -0.481 e. The summed E-state index contributed by atoms with van der Waals surface area (Å²) in [7, 11) is 0. The van der Waals surface area contributed by atoms with Crippen LogP contribution in [0.1, 0.15) is 43.7 Å². The molecule has 34 heavy (non-hydrogen) atoms. The summed E-state index contributed by atoms with van der Waals surface area (Å²) in [5, 5.41) is 15.2. The highest BCUT2D eigenvalue weighted by Gasteiger charge is 2.18. The topological polar surface area (TPSA) is 66.4 Å². The molecule has 1 amide bonds. The van der Waals surface area contributed by atoms with E-state index in [1.165, 1.54) is 10.8 Å². The number of carboxylic acid groups (broad SMARTS) is 1. The number of hydrogen-bond donors (Lipinski definition) is 2. The molecule has 0 aliphatic rings. The predicted molar refractivity (Wildman–Crippen MR) is 140 cm³/mol. The van der Waals surface area contributed by atoms with Crippen LogP contribution in [0, 0.1) is 5.92 Å². The fourth-order valence-corrected chi connectivity index (χ4v) is 4.21. The number of unbranched alkanes of at least 4 members (excludes halogenated alkanes) is 1. The highest BCUT2D eigenvalue weighted by Crippen LogP contribution is 2.25. The van der Waals surface area contributed by atoms with Crippen molar-refractivity contribution >= 4 is 51.9 Å². The highest BCUT2D eigenvalue weighted by atomic mass is 35.5. The molecule has 0 aromatic heterocycles. The van der Waals surface area contributed by atoms with E-state index in [1.54, 1.807) is 6.07 Å². The van der Waals surface area contributed by atoms with Gasteiger partial charge in [0.05, 0.1) is 10.0 Å². The second-order valence-corrected chi connectivity index (χ2v) is 9.35. The van der Waals surface area contributed by atoms with Crippen LogP contribution in [-0.4, -0.2) is 23.0 Å². The average Bonchev–Trinajstić information content (AvgIpc) is 2.81. The van der Waals surface area contributed by atoms with Gasteiger partial charge in [0.25, 0.3) is 0 Å². The SMILES string of the molecule is CC(NC(=O)CCCCC(=O)O)C(C=Cc1ccc2ccccc2c1)Cc1ccc(Cl)c(Cl)c1. The molecular weight excluding hydrogens is 469 g/mol. The van der Waals surface area contributed by atoms with Gasteiger partial charge in [0.1, 0.15) is 0 Å². The summed E-state index contributed by atoms with van der Waals surface area (Å²) in [6.45, 7) is 1.99. The largest absolute Gasteiger partial charge is 0.481 e. The number of nitrogens with one attached hydrogen (secondary N) is 1. The van der Waals surface area contributed by atoms with Crippen molar-refractivity contribution in [2.75, 3.05) is 0 Å². The number of fused-ring (bicyclic) bond motifs is 1. The third kappa shape index (κ3) is 7.89. The molecule has 0 radical (unpaired) electrons. The van der Waals surface area contributed by atoms with Gasteiger partial charge in [-0.25, -0.2) is 0 Å². The molecule has 6 heteroatoms. The van der Waals surface area contributed by atoms with Gasteiger partial charge in [0.2, 0.25) is 5.91 Å². The molecule has 0 aliphatic carbocycles. The van der Waals surface area contributed by atoms with E-state index in [0.29, 0.717) is 35.7 Å². The number of carboxylic acids is 1. The van der Waals surface area contributed by atoms with E-state index in [9.17, 15) is 9.59 Å². The summed E-state index contributed by atoms with van der Waals surface area (Å²) in [4.78, 5) is 23.1. The van der Waals surface area contributed by atoms with Crippen LogP contribution < -0.4 is 5.32 Å². The molecule has 2 atom stereocenters. The number of carbonyl (C=O) groups is 2. The van der Waals surface area contributed by atoms with Gasteiger partial charge in [-0.3, -0.25) is 9.59 Å². The molecule has 0 fully saturated rings. The maximum absolute atomic E-state index is 12.5. The monoisotopic (exact) mass is 497 g/mol. The fourth-order valence-electron chi connectivity index (χ4n) is 3.89. The van der Waals surface area contributed by atoms with Crippen molar-refractivity contribution in [2.24, 2.45) is 5.92 Å². The van der Waals surface area contributed by atoms with Crippen LogP contribution in [0.2, 0.25) is 10.0 Å². The summed E-state index contributed by atoms with van der Waals surface area (Å²) in [6, 6.07) is 20.0. The van der Waals surface area contributed by atoms with Gasteiger partial charge < -0.3 is 10.4 Å². The smallest absolute Gasteiger partial charge is 0.303 e. The van der Waals surface area contributed by atoms with Crippen LogP contribution in [0.3, 0.4) is 0 Å². The molecular formula is C28H29Cl2NO3. The van der Waals surface area contributed by atoms with Crippen LogP contribution in [0.25, 0.3) is 16.8 Å². The summed E-state index contributed by atoms with van der Waals surface area (Å²) >= 11 is 12.3. The zero-order valence-corrected chi connectivity index (χ0v) is 20.6. The Morgan fingerprint density at radius 3 is 2.41 bits per heavy atom. The number of halogens is 2. The van der Waals surface area contributed by atoms with Gasteiger partial charge in [-0.15, -0.1) is 0 Å². The standard InChI is InChI=1S/C28H29Cl2NO3/c1-19(31-27(32)8-4-5-9-28(33)34)23(17-21-12-15-25(29)26(30)18-21)14-11-20-10-13-22-6-2-3-7-24(22)16-20/h2-3,6-7,10-16,18-19,23H,4-5,8-9,17H2,1H3,(H,31,32)(H,33,34). The first-order valence-corrected chi connectivity index (χ1v) is 12.2. The number of carbonyl (C=O) groups excluding carboxylic acids is 1. The zero-order chi connectivity index (χ0) is 24.5. The zero-order valence-electron chi connectivity index (χ0n) is 19.1. The molecule has 4 nitrogen and oxygen atoms in total. The highest BCUT2D eigenvalue weighted by molar-refractivity contribution is 6.42. The van der Waals surface area contributed by atoms with Crippen LogP contribution >= 0.6 is 23.2 Å². The van der Waals surface area contributed by atoms with Crippen molar-refractivity contribution < 1.29 is 14.7 Å². The first-order valence-electron chi connectivity index (χ1n) is 11.4. The van der Waals surface area contributed by atoms with E-state index in [4.69, 9.17) is 28.3 Å². The summed E-state index contributed by atoms with van der Waals surface area (Å²) < 4.78 is 0. The van der Waals surface area contributed by atoms with E-state index in [1.807, 2.05) is 31.2 Å². The quantitative estimate of drug-likeness (QED) is 0.276. The second kappa shape index (κ2) is 12.6. The number of amides is 1. The molecule has 2 unspecified atom stereocenters. The van der Waals surface area contributed by atoms with Crippen molar-refractivity contribution in [1.29, 1.82) is 0 Å². The number of benzene rings is 3. The van der Waals surface area contributed by atoms with Crippen molar-refractivity contribution in [2.45, 2.75) is 45.1 Å². The van der Waals surface area contributed by atoms with Gasteiger partial charge >= 0.3 is 5.97 Å². The molecule has 3 rings (SSSR count). The lowest BCUT2D eigenvalue weighted by Gasteiger charge is -2.23. The molecule has 0 bridgehead atoms. The third-order valence-corrected chi connectivity index (χ3v) is 6.58. The van der Waals surface area contributed by atoms with Gasteiger partial charge in [-0.1, -0.05) is 77.8 Å². The van der Waals surface area contributed by atoms with E-state index in [2.05, 4.69) is 47.8 Å². The lowest BCUT2D eigenvalue weighted by Crippen LogP contribution is -2.38. The summed E-state index contributed by atoms with van der Waals surface area (Å²) in [6.07, 6.45) is 6.33. The molecule has 0 aliphatic heterocycles. The molecule has 3 aromatic rings. The molecule has 3 aromatic carbocycles. The van der Waals surface area contributed by atoms with E-state index < -0.39 is 5.97 Å². The Bertz CT molecular complexity index is 1180. The Morgan fingerprint density at radius 1 is 0.941 bits per heavy atom. The fraction of sp³-hybridized carbons (Fsp3) is 0.286. The Kier molecular flexibility index (Phi) is 9.55.